The van der Waals surface area contributed by atoms with Crippen LogP contribution in [-0.4, -0.2) is 0 Å². The first-order valence-corrected chi connectivity index (χ1v) is 2.99. The molecule has 0 saturated heterocycles. The van der Waals surface area contributed by atoms with E-state index in [4.69, 9.17) is 0 Å². The van der Waals surface area contributed by atoms with Gasteiger partial charge >= 0.3 is 0 Å². The molecule has 0 atom stereocenters. The van der Waals surface area contributed by atoms with E-state index >= 15 is 0 Å². The van der Waals surface area contributed by atoms with Gasteiger partial charge in [-0.15, -0.1) is 0 Å². The SMILES string of the molecule is CC1=CC(C)(C)C=C1. The normalized spacial score (nSPS) is 23.6. The van der Waals surface area contributed by atoms with Crippen LogP contribution in [0.2, 0.25) is 0 Å². The summed E-state index contributed by atoms with van der Waals surface area (Å²) in [4.78, 5) is 0. The lowest BCUT2D eigenvalue weighted by atomic mass is 9.96. The van der Waals surface area contributed by atoms with Gasteiger partial charge in [-0.3, -0.25) is 0 Å². The Bertz CT molecular complexity index is 147. The zero-order valence-electron chi connectivity index (χ0n) is 5.73. The molecule has 44 valence electrons. The predicted molar refractivity (Wildman–Crippen MR) is 36.7 cm³/mol. The van der Waals surface area contributed by atoms with Crippen LogP contribution in [0.4, 0.5) is 0 Å². The van der Waals surface area contributed by atoms with Gasteiger partial charge in [0.25, 0.3) is 0 Å². The summed E-state index contributed by atoms with van der Waals surface area (Å²) in [5, 5.41) is 0. The van der Waals surface area contributed by atoms with Crippen molar-refractivity contribution in [2.24, 2.45) is 5.41 Å². The Balaban J connectivity index is 2.84. The molecule has 0 aromatic heterocycles. The van der Waals surface area contributed by atoms with Crippen molar-refractivity contribution in [2.75, 3.05) is 0 Å². The summed E-state index contributed by atoms with van der Waals surface area (Å²) in [7, 11) is 0. The standard InChI is InChI=1S/C8H12/c1-7-4-5-8(2,3)6-7/h4-6H,1-3H3. The van der Waals surface area contributed by atoms with Crippen LogP contribution in [0.3, 0.4) is 0 Å². The molecule has 1 rings (SSSR count). The second kappa shape index (κ2) is 1.48. The van der Waals surface area contributed by atoms with E-state index in [1.165, 1.54) is 5.57 Å². The largest absolute Gasteiger partial charge is 0.0748 e. The maximum Gasteiger partial charge on any atom is 0.00133 e. The van der Waals surface area contributed by atoms with Crippen LogP contribution in [0.1, 0.15) is 20.8 Å². The van der Waals surface area contributed by atoms with Crippen molar-refractivity contribution >= 4 is 0 Å². The van der Waals surface area contributed by atoms with Crippen molar-refractivity contribution in [1.29, 1.82) is 0 Å². The topological polar surface area (TPSA) is 0 Å². The van der Waals surface area contributed by atoms with Gasteiger partial charge in [0.2, 0.25) is 0 Å². The molecule has 8 heavy (non-hydrogen) atoms. The monoisotopic (exact) mass is 108 g/mol. The minimum Gasteiger partial charge on any atom is -0.0748 e. The van der Waals surface area contributed by atoms with Crippen LogP contribution in [0.25, 0.3) is 0 Å². The Morgan fingerprint density at radius 1 is 1.38 bits per heavy atom. The zero-order valence-corrected chi connectivity index (χ0v) is 5.73. The number of allylic oxidation sites excluding steroid dienone is 4. The van der Waals surface area contributed by atoms with E-state index in [0.29, 0.717) is 5.41 Å². The molecule has 0 unspecified atom stereocenters. The Hall–Kier alpha value is -0.520. The number of rotatable bonds is 0. The molecule has 0 fully saturated rings. The molecule has 0 radical (unpaired) electrons. The average Bonchev–Trinajstić information content (AvgIpc) is 1.82. The summed E-state index contributed by atoms with van der Waals surface area (Å²) >= 11 is 0. The Kier molecular flexibility index (Phi) is 1.04. The van der Waals surface area contributed by atoms with E-state index in [2.05, 4.69) is 39.0 Å². The van der Waals surface area contributed by atoms with Gasteiger partial charge in [0.1, 0.15) is 0 Å². The summed E-state index contributed by atoms with van der Waals surface area (Å²) in [5.41, 5.74) is 1.71. The second-order valence-corrected chi connectivity index (χ2v) is 3.04. The van der Waals surface area contributed by atoms with Gasteiger partial charge in [-0.1, -0.05) is 37.6 Å². The third kappa shape index (κ3) is 1.00. The van der Waals surface area contributed by atoms with E-state index in [0.717, 1.165) is 0 Å². The van der Waals surface area contributed by atoms with Crippen LogP contribution < -0.4 is 0 Å². The number of hydrogen-bond acceptors (Lipinski definition) is 0. The highest BCUT2D eigenvalue weighted by molar-refractivity contribution is 5.30. The van der Waals surface area contributed by atoms with Gasteiger partial charge in [0, 0.05) is 5.41 Å². The molecular weight excluding hydrogens is 96.1 g/mol. The lowest BCUT2D eigenvalue weighted by Gasteiger charge is -2.08. The highest BCUT2D eigenvalue weighted by Gasteiger charge is 2.13. The number of hydrogen-bond donors (Lipinski definition) is 0. The van der Waals surface area contributed by atoms with E-state index in [9.17, 15) is 0 Å². The molecule has 0 heteroatoms. The molecule has 0 bridgehead atoms. The van der Waals surface area contributed by atoms with Gasteiger partial charge < -0.3 is 0 Å². The fourth-order valence-electron chi connectivity index (χ4n) is 1.03. The zero-order chi connectivity index (χ0) is 6.20. The molecule has 0 aromatic rings. The quantitative estimate of drug-likeness (QED) is 0.447. The van der Waals surface area contributed by atoms with Gasteiger partial charge in [-0.25, -0.2) is 0 Å². The van der Waals surface area contributed by atoms with Crippen molar-refractivity contribution in [1.82, 2.24) is 0 Å². The van der Waals surface area contributed by atoms with Gasteiger partial charge in [0.15, 0.2) is 0 Å². The van der Waals surface area contributed by atoms with Gasteiger partial charge in [0.05, 0.1) is 0 Å². The fourth-order valence-corrected chi connectivity index (χ4v) is 1.03. The molecule has 0 saturated carbocycles. The smallest absolute Gasteiger partial charge is 0.00133 e. The maximum absolute atomic E-state index is 2.27. The lowest BCUT2D eigenvalue weighted by molar-refractivity contribution is 0.635. The summed E-state index contributed by atoms with van der Waals surface area (Å²) in [6, 6.07) is 0. The Morgan fingerprint density at radius 3 is 2.12 bits per heavy atom. The third-order valence-corrected chi connectivity index (χ3v) is 1.38. The van der Waals surface area contributed by atoms with Gasteiger partial charge in [-0.05, 0) is 6.92 Å². The fraction of sp³-hybridized carbons (Fsp3) is 0.500. The van der Waals surface area contributed by atoms with Crippen molar-refractivity contribution in [2.45, 2.75) is 20.8 Å². The molecule has 0 N–H and O–H groups in total. The maximum atomic E-state index is 2.27. The Morgan fingerprint density at radius 2 is 2.00 bits per heavy atom. The molecule has 0 aromatic carbocycles. The van der Waals surface area contributed by atoms with Crippen molar-refractivity contribution in [3.05, 3.63) is 23.8 Å². The van der Waals surface area contributed by atoms with Crippen LogP contribution >= 0.6 is 0 Å². The minimum atomic E-state index is 0.323. The summed E-state index contributed by atoms with van der Waals surface area (Å²) < 4.78 is 0. The molecule has 0 amide bonds. The van der Waals surface area contributed by atoms with Crippen molar-refractivity contribution in [3.63, 3.8) is 0 Å². The summed E-state index contributed by atoms with van der Waals surface area (Å²) in [6.45, 7) is 6.55. The van der Waals surface area contributed by atoms with Crippen LogP contribution in [-0.2, 0) is 0 Å². The van der Waals surface area contributed by atoms with Crippen LogP contribution in [0.15, 0.2) is 23.8 Å². The summed E-state index contributed by atoms with van der Waals surface area (Å²) in [5.74, 6) is 0. The highest BCUT2D eigenvalue weighted by Crippen LogP contribution is 2.27. The molecule has 0 heterocycles. The van der Waals surface area contributed by atoms with E-state index in [1.54, 1.807) is 0 Å². The van der Waals surface area contributed by atoms with E-state index < -0.39 is 0 Å². The second-order valence-electron chi connectivity index (χ2n) is 3.04. The molecule has 0 nitrogen and oxygen atoms in total. The van der Waals surface area contributed by atoms with Crippen LogP contribution in [0, 0.1) is 5.41 Å². The summed E-state index contributed by atoms with van der Waals surface area (Å²) in [6.07, 6.45) is 6.66. The molecule has 0 aliphatic heterocycles. The first-order chi connectivity index (χ1) is 3.60. The van der Waals surface area contributed by atoms with Crippen molar-refractivity contribution in [3.8, 4) is 0 Å². The van der Waals surface area contributed by atoms with Crippen molar-refractivity contribution < 1.29 is 0 Å². The first kappa shape index (κ1) is 5.61. The van der Waals surface area contributed by atoms with Gasteiger partial charge in [-0.2, -0.15) is 0 Å². The lowest BCUT2D eigenvalue weighted by Crippen LogP contribution is -1.97. The highest BCUT2D eigenvalue weighted by atomic mass is 14.2. The minimum absolute atomic E-state index is 0.323. The molecule has 1 aliphatic rings. The van der Waals surface area contributed by atoms with E-state index in [1.807, 2.05) is 0 Å². The first-order valence-electron chi connectivity index (χ1n) is 2.99. The molecule has 0 spiro atoms. The predicted octanol–water partition coefficient (Wildman–Crippen LogP) is 2.53. The average molecular weight is 108 g/mol. The molecular formula is C8H12. The third-order valence-electron chi connectivity index (χ3n) is 1.38. The molecule has 1 aliphatic carbocycles. The Labute approximate surface area is 50.9 Å². The van der Waals surface area contributed by atoms with E-state index in [-0.39, 0.29) is 0 Å². The van der Waals surface area contributed by atoms with Crippen LogP contribution in [0.5, 0.6) is 0 Å².